The van der Waals surface area contributed by atoms with E-state index in [1.54, 1.807) is 0 Å². The van der Waals surface area contributed by atoms with Crippen molar-refractivity contribution in [3.05, 3.63) is 47.2 Å². The summed E-state index contributed by atoms with van der Waals surface area (Å²) in [6, 6.07) is 11.6. The smallest absolute Gasteiger partial charge is 0.234 e. The summed E-state index contributed by atoms with van der Waals surface area (Å²) in [5.41, 5.74) is 3.52. The monoisotopic (exact) mass is 395 g/mol. The Morgan fingerprint density at radius 3 is 3.00 bits per heavy atom. The molecule has 0 aliphatic heterocycles. The zero-order valence-corrected chi connectivity index (χ0v) is 17.0. The van der Waals surface area contributed by atoms with E-state index in [0.29, 0.717) is 22.9 Å². The van der Waals surface area contributed by atoms with Crippen LogP contribution in [0.25, 0.3) is 0 Å². The molecule has 3 rings (SSSR count). The molecule has 1 amide bonds. The number of aryl methyl sites for hydroxylation is 2. The average molecular weight is 396 g/mol. The SMILES string of the molecule is CCCCOc1cccc(NC(=O)CSc2nc3c(cc2C#N)CCCC3)c1. The summed E-state index contributed by atoms with van der Waals surface area (Å²) in [5.74, 6) is 0.836. The molecule has 1 aromatic heterocycles. The summed E-state index contributed by atoms with van der Waals surface area (Å²) in [5, 5.41) is 13.0. The number of carbonyl (C=O) groups excluding carboxylic acids is 1. The van der Waals surface area contributed by atoms with Crippen LogP contribution in [0.2, 0.25) is 0 Å². The van der Waals surface area contributed by atoms with E-state index in [2.05, 4.69) is 23.3 Å². The van der Waals surface area contributed by atoms with E-state index in [0.717, 1.165) is 50.0 Å². The van der Waals surface area contributed by atoms with Crippen molar-refractivity contribution in [3.8, 4) is 11.8 Å². The predicted octanol–water partition coefficient (Wildman–Crippen LogP) is 4.74. The molecule has 2 aromatic rings. The number of hydrogen-bond acceptors (Lipinski definition) is 5. The molecule has 1 heterocycles. The number of nitrogens with zero attached hydrogens (tertiary/aromatic N) is 2. The number of fused-ring (bicyclic) bond motifs is 1. The number of unbranched alkanes of at least 4 members (excludes halogenated alkanes) is 1. The molecule has 1 aromatic carbocycles. The van der Waals surface area contributed by atoms with Crippen molar-refractivity contribution in [3.63, 3.8) is 0 Å². The molecule has 5 nitrogen and oxygen atoms in total. The first-order chi connectivity index (χ1) is 13.7. The Hall–Kier alpha value is -2.52. The van der Waals surface area contributed by atoms with E-state index in [-0.39, 0.29) is 11.7 Å². The molecule has 0 saturated carbocycles. The van der Waals surface area contributed by atoms with E-state index in [9.17, 15) is 10.1 Å². The Morgan fingerprint density at radius 1 is 1.32 bits per heavy atom. The van der Waals surface area contributed by atoms with Crippen LogP contribution in [0.3, 0.4) is 0 Å². The van der Waals surface area contributed by atoms with Gasteiger partial charge in [0.2, 0.25) is 5.91 Å². The number of nitrogens with one attached hydrogen (secondary N) is 1. The lowest BCUT2D eigenvalue weighted by molar-refractivity contribution is -0.113. The first-order valence-electron chi connectivity index (χ1n) is 9.78. The van der Waals surface area contributed by atoms with Crippen LogP contribution in [0.1, 0.15) is 49.4 Å². The second-order valence-corrected chi connectivity index (χ2v) is 7.80. The van der Waals surface area contributed by atoms with E-state index in [1.807, 2.05) is 30.3 Å². The molecule has 0 atom stereocenters. The van der Waals surface area contributed by atoms with Gasteiger partial charge in [-0.05, 0) is 55.9 Å². The molecule has 0 spiro atoms. The van der Waals surface area contributed by atoms with Crippen LogP contribution in [-0.2, 0) is 17.6 Å². The van der Waals surface area contributed by atoms with Crippen LogP contribution in [0.15, 0.2) is 35.4 Å². The Balaban J connectivity index is 1.59. The molecular formula is C22H25N3O2S. The zero-order valence-electron chi connectivity index (χ0n) is 16.2. The number of amides is 1. The normalized spacial score (nSPS) is 12.7. The maximum atomic E-state index is 12.4. The van der Waals surface area contributed by atoms with Crippen molar-refractivity contribution in [1.82, 2.24) is 4.98 Å². The number of aromatic nitrogens is 1. The second-order valence-electron chi connectivity index (χ2n) is 6.83. The van der Waals surface area contributed by atoms with Gasteiger partial charge in [-0.3, -0.25) is 4.79 Å². The Kier molecular flexibility index (Phi) is 7.32. The number of nitriles is 1. The van der Waals surface area contributed by atoms with Gasteiger partial charge in [0.25, 0.3) is 0 Å². The summed E-state index contributed by atoms with van der Waals surface area (Å²) in [4.78, 5) is 17.0. The van der Waals surface area contributed by atoms with E-state index in [1.165, 1.54) is 17.3 Å². The molecule has 0 unspecified atom stereocenters. The lowest BCUT2D eigenvalue weighted by atomic mass is 9.95. The van der Waals surface area contributed by atoms with Gasteiger partial charge in [0.1, 0.15) is 16.8 Å². The van der Waals surface area contributed by atoms with Crippen molar-refractivity contribution in [1.29, 1.82) is 5.26 Å². The molecule has 0 fully saturated rings. The summed E-state index contributed by atoms with van der Waals surface area (Å²) >= 11 is 1.32. The van der Waals surface area contributed by atoms with Crippen LogP contribution in [-0.4, -0.2) is 23.3 Å². The van der Waals surface area contributed by atoms with E-state index in [4.69, 9.17) is 4.74 Å². The van der Waals surface area contributed by atoms with Crippen LogP contribution in [0.4, 0.5) is 5.69 Å². The van der Waals surface area contributed by atoms with Gasteiger partial charge in [-0.25, -0.2) is 4.98 Å². The summed E-state index contributed by atoms with van der Waals surface area (Å²) in [6.07, 6.45) is 6.30. The largest absolute Gasteiger partial charge is 0.494 e. The lowest BCUT2D eigenvalue weighted by Crippen LogP contribution is -2.15. The number of benzene rings is 1. The van der Waals surface area contributed by atoms with Gasteiger partial charge in [-0.15, -0.1) is 0 Å². The molecular weight excluding hydrogens is 370 g/mol. The minimum atomic E-state index is -0.126. The van der Waals surface area contributed by atoms with Gasteiger partial charge in [0, 0.05) is 17.4 Å². The number of pyridine rings is 1. The number of anilines is 1. The third-order valence-electron chi connectivity index (χ3n) is 4.61. The van der Waals surface area contributed by atoms with Gasteiger partial charge in [-0.2, -0.15) is 5.26 Å². The molecule has 0 saturated heterocycles. The number of hydrogen-bond donors (Lipinski definition) is 1. The minimum absolute atomic E-state index is 0.126. The topological polar surface area (TPSA) is 75.0 Å². The van der Waals surface area contributed by atoms with Crippen LogP contribution < -0.4 is 10.1 Å². The van der Waals surface area contributed by atoms with Crippen molar-refractivity contribution in [2.75, 3.05) is 17.7 Å². The Morgan fingerprint density at radius 2 is 2.18 bits per heavy atom. The van der Waals surface area contributed by atoms with Gasteiger partial charge < -0.3 is 10.1 Å². The van der Waals surface area contributed by atoms with E-state index < -0.39 is 0 Å². The molecule has 146 valence electrons. The van der Waals surface area contributed by atoms with Crippen molar-refractivity contribution < 1.29 is 9.53 Å². The molecule has 28 heavy (non-hydrogen) atoms. The fourth-order valence-corrected chi connectivity index (χ4v) is 3.91. The quantitative estimate of drug-likeness (QED) is 0.516. The number of rotatable bonds is 8. The first kappa shape index (κ1) is 20.2. The minimum Gasteiger partial charge on any atom is -0.494 e. The predicted molar refractivity (Wildman–Crippen MR) is 112 cm³/mol. The third kappa shape index (κ3) is 5.49. The molecule has 6 heteroatoms. The van der Waals surface area contributed by atoms with Crippen molar-refractivity contribution >= 4 is 23.4 Å². The average Bonchev–Trinajstić information content (AvgIpc) is 2.72. The number of carbonyl (C=O) groups is 1. The van der Waals surface area contributed by atoms with Gasteiger partial charge >= 0.3 is 0 Å². The van der Waals surface area contributed by atoms with E-state index >= 15 is 0 Å². The van der Waals surface area contributed by atoms with Crippen LogP contribution >= 0.6 is 11.8 Å². The molecule has 1 N–H and O–H groups in total. The zero-order chi connectivity index (χ0) is 19.8. The van der Waals surface area contributed by atoms with Crippen molar-refractivity contribution in [2.45, 2.75) is 50.5 Å². The third-order valence-corrected chi connectivity index (χ3v) is 5.60. The van der Waals surface area contributed by atoms with Crippen LogP contribution in [0, 0.1) is 11.3 Å². The van der Waals surface area contributed by atoms with Crippen LogP contribution in [0.5, 0.6) is 5.75 Å². The highest BCUT2D eigenvalue weighted by Crippen LogP contribution is 2.27. The second kappa shape index (κ2) is 10.1. The first-order valence-corrected chi connectivity index (χ1v) is 10.8. The highest BCUT2D eigenvalue weighted by molar-refractivity contribution is 8.00. The standard InChI is InChI=1S/C22H25N3O2S/c1-2-3-11-27-19-9-6-8-18(13-19)24-21(26)15-28-22-17(14-23)12-16-7-4-5-10-20(16)25-22/h6,8-9,12-13H,2-5,7,10-11,15H2,1H3,(H,24,26). The maximum absolute atomic E-state index is 12.4. The molecule has 0 bridgehead atoms. The van der Waals surface area contributed by atoms with Crippen molar-refractivity contribution in [2.24, 2.45) is 0 Å². The summed E-state index contributed by atoms with van der Waals surface area (Å²) < 4.78 is 5.68. The number of ether oxygens (including phenoxy) is 1. The molecule has 1 aliphatic rings. The highest BCUT2D eigenvalue weighted by atomic mass is 32.2. The fourth-order valence-electron chi connectivity index (χ4n) is 3.13. The summed E-state index contributed by atoms with van der Waals surface area (Å²) in [6.45, 7) is 2.79. The summed E-state index contributed by atoms with van der Waals surface area (Å²) in [7, 11) is 0. The Bertz CT molecular complexity index is 877. The maximum Gasteiger partial charge on any atom is 0.234 e. The molecule has 0 radical (unpaired) electrons. The fraction of sp³-hybridized carbons (Fsp3) is 0.409. The highest BCUT2D eigenvalue weighted by Gasteiger charge is 2.16. The lowest BCUT2D eigenvalue weighted by Gasteiger charge is -2.16. The van der Waals surface area contributed by atoms with Gasteiger partial charge in [0.05, 0.1) is 17.9 Å². The molecule has 1 aliphatic carbocycles. The number of thioether (sulfide) groups is 1. The Labute approximate surface area is 170 Å². The van der Waals surface area contributed by atoms with Gasteiger partial charge in [0.15, 0.2) is 0 Å². The van der Waals surface area contributed by atoms with Gasteiger partial charge in [-0.1, -0.05) is 31.2 Å².